The van der Waals surface area contributed by atoms with Crippen LogP contribution in [0, 0.1) is 0 Å². The molecule has 7 nitrogen and oxygen atoms in total. The van der Waals surface area contributed by atoms with E-state index < -0.39 is 10.0 Å². The Hall–Kier alpha value is -2.42. The monoisotopic (exact) mass is 415 g/mol. The van der Waals surface area contributed by atoms with E-state index in [4.69, 9.17) is 4.74 Å². The normalized spacial score (nSPS) is 17.6. The predicted molar refractivity (Wildman–Crippen MR) is 112 cm³/mol. The number of nitrogens with zero attached hydrogens (tertiary/aromatic N) is 2. The van der Waals surface area contributed by atoms with Gasteiger partial charge in [0.1, 0.15) is 0 Å². The summed E-state index contributed by atoms with van der Waals surface area (Å²) in [6, 6.07) is 14.6. The van der Waals surface area contributed by atoms with Crippen molar-refractivity contribution in [2.75, 3.05) is 49.6 Å². The van der Waals surface area contributed by atoms with Crippen molar-refractivity contribution in [2.24, 2.45) is 0 Å². The lowest BCUT2D eigenvalue weighted by Crippen LogP contribution is -2.40. The van der Waals surface area contributed by atoms with E-state index in [2.05, 4.69) is 11.4 Å². The Bertz CT molecular complexity index is 987. The molecule has 2 aromatic carbocycles. The molecule has 0 aromatic heterocycles. The highest BCUT2D eigenvalue weighted by Gasteiger charge is 2.26. The van der Waals surface area contributed by atoms with Gasteiger partial charge in [0.15, 0.2) is 0 Å². The van der Waals surface area contributed by atoms with Gasteiger partial charge in [0.05, 0.1) is 24.7 Å². The maximum absolute atomic E-state index is 12.8. The smallest absolute Gasteiger partial charge is 0.246 e. The fourth-order valence-electron chi connectivity index (χ4n) is 3.77. The molecular weight excluding hydrogens is 390 g/mol. The summed E-state index contributed by atoms with van der Waals surface area (Å²) in [6.45, 7) is 2.32. The van der Waals surface area contributed by atoms with Gasteiger partial charge < -0.3 is 15.0 Å². The van der Waals surface area contributed by atoms with E-state index in [1.165, 1.54) is 9.87 Å². The molecule has 0 saturated carbocycles. The standard InChI is InChI=1S/C21H25N3O4S/c25-21(24-10-4-6-17-5-1-2-9-20(17)24)16-22-18-7-3-8-19(15-18)29(26,27)23-11-13-28-14-12-23/h1-3,5,7-9,15,22H,4,6,10-14,16H2. The molecule has 2 aliphatic rings. The summed E-state index contributed by atoms with van der Waals surface area (Å²) >= 11 is 0. The maximum atomic E-state index is 12.8. The average molecular weight is 416 g/mol. The highest BCUT2D eigenvalue weighted by Crippen LogP contribution is 2.27. The number of ether oxygens (including phenoxy) is 1. The molecular formula is C21H25N3O4S. The minimum atomic E-state index is -3.57. The fraction of sp³-hybridized carbons (Fsp3) is 0.381. The Morgan fingerprint density at radius 1 is 1.03 bits per heavy atom. The van der Waals surface area contributed by atoms with Gasteiger partial charge in [-0.15, -0.1) is 0 Å². The third-order valence-corrected chi connectivity index (χ3v) is 7.19. The third-order valence-electron chi connectivity index (χ3n) is 5.30. The average Bonchev–Trinajstić information content (AvgIpc) is 2.78. The van der Waals surface area contributed by atoms with Crippen molar-refractivity contribution in [3.05, 3.63) is 54.1 Å². The molecule has 1 N–H and O–H groups in total. The van der Waals surface area contributed by atoms with Crippen LogP contribution in [0.15, 0.2) is 53.4 Å². The lowest BCUT2D eigenvalue weighted by Gasteiger charge is -2.29. The SMILES string of the molecule is O=C(CNc1cccc(S(=O)(=O)N2CCOCC2)c1)N1CCCc2ccccc21. The first-order valence-electron chi connectivity index (χ1n) is 9.86. The van der Waals surface area contributed by atoms with Crippen LogP contribution in [0.1, 0.15) is 12.0 Å². The number of benzene rings is 2. The molecule has 0 spiro atoms. The molecule has 1 fully saturated rings. The fourth-order valence-corrected chi connectivity index (χ4v) is 5.22. The van der Waals surface area contributed by atoms with Crippen molar-refractivity contribution < 1.29 is 17.9 Å². The zero-order chi connectivity index (χ0) is 20.3. The minimum absolute atomic E-state index is 0.0291. The number of amides is 1. The van der Waals surface area contributed by atoms with Crippen molar-refractivity contribution in [3.8, 4) is 0 Å². The first-order chi connectivity index (χ1) is 14.1. The number of hydrogen-bond acceptors (Lipinski definition) is 5. The number of rotatable bonds is 5. The summed E-state index contributed by atoms with van der Waals surface area (Å²) in [5, 5.41) is 3.09. The predicted octanol–water partition coefficient (Wildman–Crippen LogP) is 2.10. The van der Waals surface area contributed by atoms with Crippen LogP contribution in [0.4, 0.5) is 11.4 Å². The second-order valence-electron chi connectivity index (χ2n) is 7.18. The van der Waals surface area contributed by atoms with Crippen molar-refractivity contribution in [3.63, 3.8) is 0 Å². The molecule has 154 valence electrons. The molecule has 8 heteroatoms. The van der Waals surface area contributed by atoms with E-state index >= 15 is 0 Å². The highest BCUT2D eigenvalue weighted by atomic mass is 32.2. The molecule has 0 atom stereocenters. The first-order valence-corrected chi connectivity index (χ1v) is 11.3. The van der Waals surface area contributed by atoms with Gasteiger partial charge in [-0.3, -0.25) is 4.79 Å². The maximum Gasteiger partial charge on any atom is 0.246 e. The van der Waals surface area contributed by atoms with Gasteiger partial charge in [-0.05, 0) is 42.7 Å². The van der Waals surface area contributed by atoms with E-state index in [-0.39, 0.29) is 17.3 Å². The topological polar surface area (TPSA) is 79.0 Å². The van der Waals surface area contributed by atoms with Gasteiger partial charge in [-0.25, -0.2) is 8.42 Å². The summed E-state index contributed by atoms with van der Waals surface area (Å²) in [6.07, 6.45) is 1.92. The number of hydrogen-bond donors (Lipinski definition) is 1. The molecule has 2 aliphatic heterocycles. The summed E-state index contributed by atoms with van der Waals surface area (Å²) in [7, 11) is -3.57. The number of carbonyl (C=O) groups excluding carboxylic acids is 1. The van der Waals surface area contributed by atoms with Gasteiger partial charge in [0.25, 0.3) is 0 Å². The van der Waals surface area contributed by atoms with Crippen LogP contribution < -0.4 is 10.2 Å². The minimum Gasteiger partial charge on any atom is -0.379 e. The van der Waals surface area contributed by atoms with Crippen LogP contribution in [-0.4, -0.2) is 58.0 Å². The number of morpholine rings is 1. The molecule has 29 heavy (non-hydrogen) atoms. The third kappa shape index (κ3) is 4.29. The van der Waals surface area contributed by atoms with Gasteiger partial charge >= 0.3 is 0 Å². The number of para-hydroxylation sites is 1. The Morgan fingerprint density at radius 2 is 1.83 bits per heavy atom. The lowest BCUT2D eigenvalue weighted by molar-refractivity contribution is -0.117. The molecule has 2 heterocycles. The number of sulfonamides is 1. The van der Waals surface area contributed by atoms with Crippen molar-refractivity contribution in [2.45, 2.75) is 17.7 Å². The second-order valence-corrected chi connectivity index (χ2v) is 9.11. The van der Waals surface area contributed by atoms with Gasteiger partial charge in [-0.2, -0.15) is 4.31 Å². The molecule has 0 unspecified atom stereocenters. The summed E-state index contributed by atoms with van der Waals surface area (Å²) in [5.74, 6) is -0.0291. The summed E-state index contributed by atoms with van der Waals surface area (Å²) in [5.41, 5.74) is 2.76. The van der Waals surface area contributed by atoms with Crippen LogP contribution in [0.3, 0.4) is 0 Å². The van der Waals surface area contributed by atoms with Crippen LogP contribution in [0.25, 0.3) is 0 Å². The summed E-state index contributed by atoms with van der Waals surface area (Å²) < 4.78 is 32.3. The van der Waals surface area contributed by atoms with Crippen molar-refractivity contribution in [1.29, 1.82) is 0 Å². The second kappa shape index (κ2) is 8.52. The van der Waals surface area contributed by atoms with Crippen molar-refractivity contribution >= 4 is 27.3 Å². The van der Waals surface area contributed by atoms with Crippen LogP contribution in [0.2, 0.25) is 0 Å². The molecule has 0 bridgehead atoms. The highest BCUT2D eigenvalue weighted by molar-refractivity contribution is 7.89. The lowest BCUT2D eigenvalue weighted by atomic mass is 10.0. The van der Waals surface area contributed by atoms with E-state index in [0.717, 1.165) is 18.5 Å². The number of nitrogens with one attached hydrogen (secondary N) is 1. The zero-order valence-electron chi connectivity index (χ0n) is 16.2. The Morgan fingerprint density at radius 3 is 2.66 bits per heavy atom. The van der Waals surface area contributed by atoms with E-state index in [0.29, 0.717) is 38.5 Å². The quantitative estimate of drug-likeness (QED) is 0.809. The molecule has 0 radical (unpaired) electrons. The van der Waals surface area contributed by atoms with Crippen LogP contribution >= 0.6 is 0 Å². The van der Waals surface area contributed by atoms with E-state index in [1.54, 1.807) is 29.2 Å². The van der Waals surface area contributed by atoms with Gasteiger partial charge in [-0.1, -0.05) is 24.3 Å². The Kier molecular flexibility index (Phi) is 5.84. The molecule has 1 saturated heterocycles. The zero-order valence-corrected chi connectivity index (χ0v) is 17.0. The van der Waals surface area contributed by atoms with Gasteiger partial charge in [0, 0.05) is 31.0 Å². The summed E-state index contributed by atoms with van der Waals surface area (Å²) in [4.78, 5) is 14.8. The molecule has 2 aromatic rings. The van der Waals surface area contributed by atoms with Crippen LogP contribution in [0.5, 0.6) is 0 Å². The first kappa shape index (κ1) is 19.9. The molecule has 1 amide bonds. The number of fused-ring (bicyclic) bond motifs is 1. The number of carbonyl (C=O) groups is 1. The number of anilines is 2. The Labute approximate surface area is 171 Å². The number of aryl methyl sites for hydroxylation is 1. The van der Waals surface area contributed by atoms with Crippen LogP contribution in [-0.2, 0) is 26.0 Å². The Balaban J connectivity index is 1.44. The van der Waals surface area contributed by atoms with Crippen molar-refractivity contribution in [1.82, 2.24) is 4.31 Å². The molecule has 0 aliphatic carbocycles. The van der Waals surface area contributed by atoms with Gasteiger partial charge in [0.2, 0.25) is 15.9 Å². The molecule has 4 rings (SSSR count). The van der Waals surface area contributed by atoms with E-state index in [1.807, 2.05) is 18.2 Å². The van der Waals surface area contributed by atoms with E-state index in [9.17, 15) is 13.2 Å². The largest absolute Gasteiger partial charge is 0.379 e.